The molecule has 90 valence electrons. The van der Waals surface area contributed by atoms with Crippen molar-refractivity contribution in [3.8, 4) is 0 Å². The van der Waals surface area contributed by atoms with E-state index in [-0.39, 0.29) is 15.2 Å². The van der Waals surface area contributed by atoms with Gasteiger partial charge in [-0.15, -0.1) is 0 Å². The predicted molar refractivity (Wildman–Crippen MR) is 60.7 cm³/mol. The van der Waals surface area contributed by atoms with Gasteiger partial charge in [-0.25, -0.2) is 26.8 Å². The molecular formula is C7H9BrN2O4S2. The minimum absolute atomic E-state index is 0.183. The van der Waals surface area contributed by atoms with Gasteiger partial charge in [0.2, 0.25) is 15.0 Å². The third kappa shape index (κ3) is 2.77. The van der Waals surface area contributed by atoms with E-state index in [1.807, 2.05) is 0 Å². The highest BCUT2D eigenvalue weighted by Crippen LogP contribution is 2.23. The SMILES string of the molecule is Cc1nc(S(C)(=O)=O)nc(S(C)(=O)=O)c1Br. The second-order valence-corrected chi connectivity index (χ2v) is 7.89. The van der Waals surface area contributed by atoms with E-state index >= 15 is 0 Å². The van der Waals surface area contributed by atoms with Crippen LogP contribution in [-0.4, -0.2) is 39.3 Å². The Morgan fingerprint density at radius 3 is 1.88 bits per heavy atom. The van der Waals surface area contributed by atoms with Gasteiger partial charge in [-0.3, -0.25) is 0 Å². The number of sulfone groups is 2. The van der Waals surface area contributed by atoms with Crippen molar-refractivity contribution >= 4 is 35.6 Å². The third-order valence-corrected chi connectivity index (χ3v) is 4.70. The number of hydrogen-bond donors (Lipinski definition) is 0. The number of aromatic nitrogens is 2. The molecule has 9 heteroatoms. The fourth-order valence-corrected chi connectivity index (χ4v) is 3.32. The molecule has 0 fully saturated rings. The van der Waals surface area contributed by atoms with Crippen molar-refractivity contribution in [1.82, 2.24) is 9.97 Å². The summed E-state index contributed by atoms with van der Waals surface area (Å²) in [6.07, 6.45) is 1.87. The van der Waals surface area contributed by atoms with E-state index in [4.69, 9.17) is 0 Å². The van der Waals surface area contributed by atoms with Crippen molar-refractivity contribution in [2.45, 2.75) is 17.1 Å². The van der Waals surface area contributed by atoms with Crippen molar-refractivity contribution in [3.63, 3.8) is 0 Å². The number of halogens is 1. The molecule has 16 heavy (non-hydrogen) atoms. The quantitative estimate of drug-likeness (QED) is 0.574. The summed E-state index contributed by atoms with van der Waals surface area (Å²) in [6.45, 7) is 1.50. The van der Waals surface area contributed by atoms with Crippen molar-refractivity contribution in [1.29, 1.82) is 0 Å². The molecule has 0 amide bonds. The molecule has 1 aromatic heterocycles. The van der Waals surface area contributed by atoms with E-state index < -0.39 is 24.8 Å². The Hall–Kier alpha value is -0.540. The normalized spacial score (nSPS) is 12.8. The average molecular weight is 329 g/mol. The van der Waals surface area contributed by atoms with Gasteiger partial charge in [-0.2, -0.15) is 0 Å². The van der Waals surface area contributed by atoms with Crippen LogP contribution in [0.3, 0.4) is 0 Å². The van der Waals surface area contributed by atoms with Crippen molar-refractivity contribution in [2.24, 2.45) is 0 Å². The van der Waals surface area contributed by atoms with E-state index in [1.165, 1.54) is 6.92 Å². The van der Waals surface area contributed by atoms with Crippen LogP contribution in [0.1, 0.15) is 5.69 Å². The van der Waals surface area contributed by atoms with Gasteiger partial charge in [0.25, 0.3) is 0 Å². The van der Waals surface area contributed by atoms with Crippen LogP contribution in [0.5, 0.6) is 0 Å². The molecule has 0 aromatic carbocycles. The summed E-state index contributed by atoms with van der Waals surface area (Å²) in [5, 5.41) is -0.811. The number of rotatable bonds is 2. The van der Waals surface area contributed by atoms with Gasteiger partial charge in [0.1, 0.15) is 0 Å². The highest BCUT2D eigenvalue weighted by molar-refractivity contribution is 9.10. The van der Waals surface area contributed by atoms with Gasteiger partial charge >= 0.3 is 0 Å². The van der Waals surface area contributed by atoms with Crippen LogP contribution in [0.4, 0.5) is 0 Å². The zero-order chi connectivity index (χ0) is 12.7. The molecule has 0 aliphatic rings. The van der Waals surface area contributed by atoms with E-state index in [2.05, 4.69) is 25.9 Å². The highest BCUT2D eigenvalue weighted by atomic mass is 79.9. The second kappa shape index (κ2) is 4.04. The lowest BCUT2D eigenvalue weighted by Crippen LogP contribution is -2.11. The van der Waals surface area contributed by atoms with Crippen molar-refractivity contribution in [2.75, 3.05) is 12.5 Å². The van der Waals surface area contributed by atoms with Gasteiger partial charge < -0.3 is 0 Å². The van der Waals surface area contributed by atoms with Gasteiger partial charge in [-0.05, 0) is 22.9 Å². The van der Waals surface area contributed by atoms with Gasteiger partial charge in [0, 0.05) is 12.5 Å². The molecule has 1 aromatic rings. The van der Waals surface area contributed by atoms with E-state index in [1.54, 1.807) is 0 Å². The van der Waals surface area contributed by atoms with E-state index in [0.717, 1.165) is 12.5 Å². The summed E-state index contributed by atoms with van der Waals surface area (Å²) in [5.41, 5.74) is 0.260. The first kappa shape index (κ1) is 13.5. The van der Waals surface area contributed by atoms with Gasteiger partial charge in [0.15, 0.2) is 14.9 Å². The second-order valence-electron chi connectivity index (χ2n) is 3.26. The van der Waals surface area contributed by atoms with Crippen LogP contribution in [0, 0.1) is 6.92 Å². The lowest BCUT2D eigenvalue weighted by Gasteiger charge is -2.06. The number of nitrogens with zero attached hydrogens (tertiary/aromatic N) is 2. The van der Waals surface area contributed by atoms with Crippen LogP contribution in [0.15, 0.2) is 14.7 Å². The zero-order valence-electron chi connectivity index (χ0n) is 8.72. The average Bonchev–Trinajstić information content (AvgIpc) is 2.05. The number of aryl methyl sites for hydroxylation is 1. The molecule has 0 atom stereocenters. The Labute approximate surface area is 102 Å². The summed E-state index contributed by atoms with van der Waals surface area (Å²) in [6, 6.07) is 0. The molecule has 6 nitrogen and oxygen atoms in total. The Morgan fingerprint density at radius 2 is 1.50 bits per heavy atom. The minimum Gasteiger partial charge on any atom is -0.222 e. The lowest BCUT2D eigenvalue weighted by molar-refractivity contribution is 0.582. The molecule has 0 aliphatic heterocycles. The Morgan fingerprint density at radius 1 is 1.00 bits per heavy atom. The van der Waals surface area contributed by atoms with Gasteiger partial charge in [-0.1, -0.05) is 0 Å². The maximum atomic E-state index is 11.4. The molecule has 0 N–H and O–H groups in total. The Bertz CT molecular complexity index is 637. The first-order valence-electron chi connectivity index (χ1n) is 3.97. The molecule has 1 heterocycles. The first-order chi connectivity index (χ1) is 7.03. The van der Waals surface area contributed by atoms with Crippen LogP contribution >= 0.6 is 15.9 Å². The topological polar surface area (TPSA) is 94.1 Å². The van der Waals surface area contributed by atoms with E-state index in [0.29, 0.717) is 0 Å². The van der Waals surface area contributed by atoms with Crippen molar-refractivity contribution in [3.05, 3.63) is 10.2 Å². The monoisotopic (exact) mass is 328 g/mol. The van der Waals surface area contributed by atoms with Crippen LogP contribution in [-0.2, 0) is 19.7 Å². The predicted octanol–water partition coefficient (Wildman–Crippen LogP) is 0.355. The van der Waals surface area contributed by atoms with Crippen LogP contribution in [0.25, 0.3) is 0 Å². The van der Waals surface area contributed by atoms with Crippen molar-refractivity contribution < 1.29 is 16.8 Å². The van der Waals surface area contributed by atoms with Gasteiger partial charge in [0.05, 0.1) is 10.2 Å². The van der Waals surface area contributed by atoms with Crippen LogP contribution in [0.2, 0.25) is 0 Å². The maximum Gasteiger partial charge on any atom is 0.248 e. The summed E-state index contributed by atoms with van der Waals surface area (Å²) in [5.74, 6) is 0. The van der Waals surface area contributed by atoms with Crippen LogP contribution < -0.4 is 0 Å². The minimum atomic E-state index is -3.63. The fourth-order valence-electron chi connectivity index (χ4n) is 0.920. The largest absolute Gasteiger partial charge is 0.248 e. The Balaban J connectivity index is 3.72. The fraction of sp³-hybridized carbons (Fsp3) is 0.429. The van der Waals surface area contributed by atoms with E-state index in [9.17, 15) is 16.8 Å². The summed E-state index contributed by atoms with van der Waals surface area (Å²) < 4.78 is 45.4. The zero-order valence-corrected chi connectivity index (χ0v) is 11.9. The molecule has 0 bridgehead atoms. The standard InChI is InChI=1S/C7H9BrN2O4S2/c1-4-5(8)6(15(2,11)12)10-7(9-4)16(3,13)14/h1-3H3. The smallest absolute Gasteiger partial charge is 0.222 e. The first-order valence-corrected chi connectivity index (χ1v) is 8.55. The molecule has 0 unspecified atom stereocenters. The lowest BCUT2D eigenvalue weighted by atomic mass is 10.5. The molecule has 1 rings (SSSR count). The molecule has 0 spiro atoms. The third-order valence-electron chi connectivity index (χ3n) is 1.65. The maximum absolute atomic E-state index is 11.4. The molecular weight excluding hydrogens is 320 g/mol. The molecule has 0 saturated heterocycles. The highest BCUT2D eigenvalue weighted by Gasteiger charge is 2.22. The summed E-state index contributed by atoms with van der Waals surface area (Å²) >= 11 is 3.02. The summed E-state index contributed by atoms with van der Waals surface area (Å²) in [4.78, 5) is 7.25. The molecule has 0 saturated carbocycles. The Kier molecular flexibility index (Phi) is 3.42. The summed E-state index contributed by atoms with van der Waals surface area (Å²) in [7, 11) is -7.23. The molecule has 0 aliphatic carbocycles. The molecule has 0 radical (unpaired) electrons. The number of hydrogen-bond acceptors (Lipinski definition) is 6.